The van der Waals surface area contributed by atoms with Crippen LogP contribution in [0, 0.1) is 10.1 Å². The summed E-state index contributed by atoms with van der Waals surface area (Å²) in [4.78, 5) is 9.82. The predicted octanol–water partition coefficient (Wildman–Crippen LogP) is 2.62. The minimum Gasteiger partial charge on any atom is -0.358 e. The molecule has 0 saturated heterocycles. The van der Waals surface area contributed by atoms with E-state index in [0.717, 1.165) is 18.2 Å². The Morgan fingerprint density at radius 3 is 2.86 bits per heavy atom. The molecule has 0 atom stereocenters. The molecule has 0 unspecified atom stereocenters. The molecule has 78 valence electrons. The van der Waals surface area contributed by atoms with E-state index in [0.29, 0.717) is 6.54 Å². The fourth-order valence-corrected chi connectivity index (χ4v) is 1.61. The standard InChI is InChI=1S/C7H9BrClN3O2/c8-3-1-2-4-11-5-6(9)7(10-11)12(13)14/h5H,1-4H2. The van der Waals surface area contributed by atoms with Crippen molar-refractivity contribution in [3.05, 3.63) is 21.3 Å². The molecule has 0 fully saturated rings. The second-order valence-corrected chi connectivity index (χ2v) is 3.92. The van der Waals surface area contributed by atoms with Gasteiger partial charge in [0, 0.05) is 5.33 Å². The maximum atomic E-state index is 10.4. The number of alkyl halides is 1. The molecular formula is C7H9BrClN3O2. The Balaban J connectivity index is 2.62. The Morgan fingerprint density at radius 1 is 1.64 bits per heavy atom. The van der Waals surface area contributed by atoms with Gasteiger partial charge in [-0.15, -0.1) is 0 Å². The van der Waals surface area contributed by atoms with Gasteiger partial charge >= 0.3 is 5.82 Å². The van der Waals surface area contributed by atoms with E-state index in [1.54, 1.807) is 0 Å². The van der Waals surface area contributed by atoms with Gasteiger partial charge in [0.2, 0.25) is 0 Å². The number of rotatable bonds is 5. The molecule has 1 aromatic heterocycles. The Hall–Kier alpha value is -0.620. The van der Waals surface area contributed by atoms with Gasteiger partial charge < -0.3 is 10.1 Å². The van der Waals surface area contributed by atoms with E-state index in [1.165, 1.54) is 10.9 Å². The number of aromatic nitrogens is 2. The van der Waals surface area contributed by atoms with Crippen molar-refractivity contribution in [1.82, 2.24) is 9.78 Å². The molecule has 0 aliphatic rings. The summed E-state index contributed by atoms with van der Waals surface area (Å²) in [6.45, 7) is 0.652. The molecule has 7 heteroatoms. The van der Waals surface area contributed by atoms with Crippen molar-refractivity contribution in [1.29, 1.82) is 0 Å². The van der Waals surface area contributed by atoms with E-state index >= 15 is 0 Å². The van der Waals surface area contributed by atoms with Gasteiger partial charge in [-0.25, -0.2) is 0 Å². The Kier molecular flexibility index (Phi) is 4.34. The molecule has 0 N–H and O–H groups in total. The molecule has 0 radical (unpaired) electrons. The monoisotopic (exact) mass is 281 g/mol. The highest BCUT2D eigenvalue weighted by Crippen LogP contribution is 2.21. The summed E-state index contributed by atoms with van der Waals surface area (Å²) in [5, 5.41) is 15.2. The van der Waals surface area contributed by atoms with Gasteiger partial charge in [-0.1, -0.05) is 27.5 Å². The van der Waals surface area contributed by atoms with Gasteiger partial charge in [-0.3, -0.25) is 0 Å². The predicted molar refractivity (Wildman–Crippen MR) is 56.9 cm³/mol. The Morgan fingerprint density at radius 2 is 2.36 bits per heavy atom. The lowest BCUT2D eigenvalue weighted by molar-refractivity contribution is -0.389. The molecular weight excluding hydrogens is 273 g/mol. The molecule has 5 nitrogen and oxygen atoms in total. The first-order valence-electron chi connectivity index (χ1n) is 4.08. The first-order chi connectivity index (χ1) is 6.65. The van der Waals surface area contributed by atoms with Crippen molar-refractivity contribution < 1.29 is 4.92 Å². The second-order valence-electron chi connectivity index (χ2n) is 2.72. The van der Waals surface area contributed by atoms with Gasteiger partial charge in [-0.2, -0.15) is 4.68 Å². The molecule has 0 amide bonds. The van der Waals surface area contributed by atoms with Crippen molar-refractivity contribution in [2.45, 2.75) is 19.4 Å². The largest absolute Gasteiger partial charge is 0.408 e. The summed E-state index contributed by atoms with van der Waals surface area (Å²) in [6.07, 6.45) is 3.40. The van der Waals surface area contributed by atoms with E-state index < -0.39 is 4.92 Å². The van der Waals surface area contributed by atoms with Crippen LogP contribution >= 0.6 is 27.5 Å². The van der Waals surface area contributed by atoms with Gasteiger partial charge in [0.05, 0.1) is 17.8 Å². The van der Waals surface area contributed by atoms with Crippen LogP contribution in [0.15, 0.2) is 6.20 Å². The normalized spacial score (nSPS) is 10.4. The van der Waals surface area contributed by atoms with Crippen LogP contribution in [0.3, 0.4) is 0 Å². The summed E-state index contributed by atoms with van der Waals surface area (Å²) in [6, 6.07) is 0. The van der Waals surface area contributed by atoms with E-state index in [-0.39, 0.29) is 10.8 Å². The Bertz CT molecular complexity index is 329. The van der Waals surface area contributed by atoms with Crippen LogP contribution < -0.4 is 0 Å². The average Bonchev–Trinajstić information content (AvgIpc) is 2.47. The number of aryl methyl sites for hydroxylation is 1. The van der Waals surface area contributed by atoms with E-state index in [4.69, 9.17) is 11.6 Å². The van der Waals surface area contributed by atoms with Crippen molar-refractivity contribution in [3.8, 4) is 0 Å². The maximum Gasteiger partial charge on any atom is 0.408 e. The summed E-state index contributed by atoms with van der Waals surface area (Å²) >= 11 is 8.92. The minimum atomic E-state index is -0.580. The maximum absolute atomic E-state index is 10.4. The number of nitro groups is 1. The van der Waals surface area contributed by atoms with Crippen LogP contribution in [0.2, 0.25) is 5.02 Å². The van der Waals surface area contributed by atoms with Crippen LogP contribution in [0.25, 0.3) is 0 Å². The molecule has 0 bridgehead atoms. The number of unbranched alkanes of at least 4 members (excludes halogenated alkanes) is 1. The lowest BCUT2D eigenvalue weighted by Crippen LogP contribution is -1.99. The average molecular weight is 283 g/mol. The van der Waals surface area contributed by atoms with Crippen molar-refractivity contribution in [2.24, 2.45) is 0 Å². The number of nitrogens with zero attached hydrogens (tertiary/aromatic N) is 3. The van der Waals surface area contributed by atoms with Crippen LogP contribution in [0.5, 0.6) is 0 Å². The molecule has 1 aromatic rings. The molecule has 0 spiro atoms. The summed E-state index contributed by atoms with van der Waals surface area (Å²) in [5.74, 6) is -0.273. The molecule has 0 aliphatic carbocycles. The fraction of sp³-hybridized carbons (Fsp3) is 0.571. The zero-order valence-electron chi connectivity index (χ0n) is 7.32. The van der Waals surface area contributed by atoms with E-state index in [1.807, 2.05) is 0 Å². The van der Waals surface area contributed by atoms with Crippen LogP contribution in [-0.2, 0) is 6.54 Å². The third-order valence-corrected chi connectivity index (χ3v) is 2.47. The summed E-state index contributed by atoms with van der Waals surface area (Å²) in [5.41, 5.74) is 0. The van der Waals surface area contributed by atoms with Gasteiger partial charge in [0.25, 0.3) is 0 Å². The highest BCUT2D eigenvalue weighted by Gasteiger charge is 2.18. The number of halogens is 2. The molecule has 0 aliphatic heterocycles. The topological polar surface area (TPSA) is 61.0 Å². The third kappa shape index (κ3) is 2.95. The number of hydrogen-bond donors (Lipinski definition) is 0. The van der Waals surface area contributed by atoms with E-state index in [9.17, 15) is 10.1 Å². The zero-order valence-corrected chi connectivity index (χ0v) is 9.66. The van der Waals surface area contributed by atoms with Gasteiger partial charge in [0.1, 0.15) is 0 Å². The lowest BCUT2D eigenvalue weighted by atomic mass is 10.3. The quantitative estimate of drug-likeness (QED) is 0.361. The van der Waals surface area contributed by atoms with Crippen molar-refractivity contribution >= 4 is 33.3 Å². The van der Waals surface area contributed by atoms with Crippen LogP contribution in [0.4, 0.5) is 5.82 Å². The highest BCUT2D eigenvalue weighted by atomic mass is 79.9. The van der Waals surface area contributed by atoms with Crippen molar-refractivity contribution in [3.63, 3.8) is 0 Å². The smallest absolute Gasteiger partial charge is 0.358 e. The Labute approximate surface area is 94.3 Å². The number of hydrogen-bond acceptors (Lipinski definition) is 3. The molecule has 14 heavy (non-hydrogen) atoms. The molecule has 1 rings (SSSR count). The first kappa shape index (κ1) is 11.5. The van der Waals surface area contributed by atoms with Crippen LogP contribution in [-0.4, -0.2) is 20.0 Å². The highest BCUT2D eigenvalue weighted by molar-refractivity contribution is 9.09. The SMILES string of the molecule is O=[N+]([O-])c1nn(CCCCBr)cc1Cl. The van der Waals surface area contributed by atoms with E-state index in [2.05, 4.69) is 21.0 Å². The third-order valence-electron chi connectivity index (χ3n) is 1.64. The zero-order chi connectivity index (χ0) is 10.6. The summed E-state index contributed by atoms with van der Waals surface area (Å²) in [7, 11) is 0. The lowest BCUT2D eigenvalue weighted by Gasteiger charge is -1.93. The molecule has 0 aromatic carbocycles. The second kappa shape index (κ2) is 5.31. The van der Waals surface area contributed by atoms with Gasteiger partial charge in [-0.05, 0) is 17.8 Å². The van der Waals surface area contributed by atoms with Crippen LogP contribution in [0.1, 0.15) is 12.8 Å². The molecule has 1 heterocycles. The molecule has 0 saturated carbocycles. The summed E-state index contributed by atoms with van der Waals surface area (Å²) < 4.78 is 1.50. The van der Waals surface area contributed by atoms with Gasteiger partial charge in [0.15, 0.2) is 5.02 Å². The minimum absolute atomic E-state index is 0.0915. The first-order valence-corrected chi connectivity index (χ1v) is 5.58. The fourth-order valence-electron chi connectivity index (χ4n) is 0.993. The van der Waals surface area contributed by atoms with Crippen molar-refractivity contribution in [2.75, 3.05) is 5.33 Å².